The first-order valence-electron chi connectivity index (χ1n) is 10.6. The Morgan fingerprint density at radius 1 is 1.06 bits per heavy atom. The van der Waals surface area contributed by atoms with Crippen LogP contribution in [0.3, 0.4) is 0 Å². The smallest absolute Gasteiger partial charge is 0.327 e. The fourth-order valence-electron chi connectivity index (χ4n) is 2.80. The number of nitrogens with one attached hydrogen (secondary N) is 2. The molecule has 0 bridgehead atoms. The maximum absolute atomic E-state index is 13.1. The number of sulfonamides is 1. The molecule has 0 spiro atoms. The number of hydrogen-bond donors (Lipinski definition) is 2. The summed E-state index contributed by atoms with van der Waals surface area (Å²) < 4.78 is 39.1. The molecule has 0 aromatic heterocycles. The minimum atomic E-state index is -4.01. The number of esters is 1. The van der Waals surface area contributed by atoms with Gasteiger partial charge < -0.3 is 14.8 Å². The predicted molar refractivity (Wildman–Crippen MR) is 133 cm³/mol. The van der Waals surface area contributed by atoms with Gasteiger partial charge in [-0.3, -0.25) is 4.79 Å². The molecule has 0 aliphatic carbocycles. The summed E-state index contributed by atoms with van der Waals surface area (Å²) in [4.78, 5) is 13.0. The van der Waals surface area contributed by atoms with E-state index in [1.807, 2.05) is 6.92 Å². The van der Waals surface area contributed by atoms with Crippen LogP contribution >= 0.6 is 0 Å². The van der Waals surface area contributed by atoms with Crippen molar-refractivity contribution >= 4 is 29.8 Å². The lowest BCUT2D eigenvalue weighted by atomic mass is 10.1. The van der Waals surface area contributed by atoms with Crippen LogP contribution in [-0.4, -0.2) is 48.3 Å². The maximum atomic E-state index is 13.1. The van der Waals surface area contributed by atoms with E-state index >= 15 is 0 Å². The Balaban J connectivity index is 2.47. The van der Waals surface area contributed by atoms with E-state index in [2.05, 4.69) is 41.1 Å². The number of methoxy groups -OCH3 is 1. The second-order valence-corrected chi connectivity index (χ2v) is 15.0. The molecule has 0 aliphatic rings. The summed E-state index contributed by atoms with van der Waals surface area (Å²) in [5.41, 5.74) is 4.82. The Bertz CT molecular complexity index is 1100. The molecule has 2 aromatic rings. The quantitative estimate of drug-likeness (QED) is 0.318. The molecule has 0 fully saturated rings. The van der Waals surface area contributed by atoms with Crippen LogP contribution in [0, 0.1) is 18.4 Å². The van der Waals surface area contributed by atoms with Gasteiger partial charge in [0, 0.05) is 5.69 Å². The van der Waals surface area contributed by atoms with E-state index in [-0.39, 0.29) is 11.5 Å². The first-order chi connectivity index (χ1) is 15.4. The van der Waals surface area contributed by atoms with E-state index in [0.717, 1.165) is 5.56 Å². The SMILES string of the molecule is CCOC(=O)[C@H](NS(=O)(=O)c1ccc(C)cc1)[C@@H](C#C[Si](C)(C)C)Nc1ccc(OC)cc1. The Kier molecular flexibility index (Phi) is 9.11. The van der Waals surface area contributed by atoms with Crippen molar-refractivity contribution < 1.29 is 22.7 Å². The van der Waals surface area contributed by atoms with Gasteiger partial charge in [-0.25, -0.2) is 8.42 Å². The Morgan fingerprint density at radius 2 is 1.67 bits per heavy atom. The summed E-state index contributed by atoms with van der Waals surface area (Å²) in [6.07, 6.45) is 0. The van der Waals surface area contributed by atoms with Gasteiger partial charge in [-0.1, -0.05) is 43.3 Å². The van der Waals surface area contributed by atoms with Crippen molar-refractivity contribution in [1.29, 1.82) is 0 Å². The topological polar surface area (TPSA) is 93.7 Å². The van der Waals surface area contributed by atoms with Gasteiger partial charge in [-0.05, 0) is 50.2 Å². The Labute approximate surface area is 197 Å². The second kappa shape index (κ2) is 11.4. The van der Waals surface area contributed by atoms with Crippen molar-refractivity contribution in [2.75, 3.05) is 19.0 Å². The van der Waals surface area contributed by atoms with Crippen molar-refractivity contribution in [2.24, 2.45) is 0 Å². The molecule has 0 unspecified atom stereocenters. The average molecular weight is 489 g/mol. The number of rotatable bonds is 9. The average Bonchev–Trinajstić information content (AvgIpc) is 2.75. The lowest BCUT2D eigenvalue weighted by Gasteiger charge is -2.25. The number of anilines is 1. The van der Waals surface area contributed by atoms with Crippen molar-refractivity contribution in [1.82, 2.24) is 4.72 Å². The van der Waals surface area contributed by atoms with Crippen molar-refractivity contribution in [3.8, 4) is 17.2 Å². The van der Waals surface area contributed by atoms with E-state index in [9.17, 15) is 13.2 Å². The molecule has 7 nitrogen and oxygen atoms in total. The summed E-state index contributed by atoms with van der Waals surface area (Å²) in [7, 11) is -4.27. The molecule has 0 heterocycles. The summed E-state index contributed by atoms with van der Waals surface area (Å²) in [6, 6.07) is 11.4. The molecule has 0 amide bonds. The number of ether oxygens (including phenoxy) is 2. The molecule has 0 aliphatic heterocycles. The highest BCUT2D eigenvalue weighted by molar-refractivity contribution is 7.89. The highest BCUT2D eigenvalue weighted by Crippen LogP contribution is 2.18. The van der Waals surface area contributed by atoms with Gasteiger partial charge in [-0.2, -0.15) is 4.72 Å². The highest BCUT2D eigenvalue weighted by Gasteiger charge is 2.34. The molecule has 2 N–H and O–H groups in total. The molecule has 0 saturated heterocycles. The molecule has 2 atom stereocenters. The third-order valence-electron chi connectivity index (χ3n) is 4.50. The van der Waals surface area contributed by atoms with Crippen LogP contribution < -0.4 is 14.8 Å². The van der Waals surface area contributed by atoms with Crippen LogP contribution in [0.15, 0.2) is 53.4 Å². The first kappa shape index (κ1) is 26.4. The number of benzene rings is 2. The van der Waals surface area contributed by atoms with E-state index in [4.69, 9.17) is 9.47 Å². The monoisotopic (exact) mass is 488 g/mol. The number of carbonyl (C=O) groups excluding carboxylic acids is 1. The lowest BCUT2D eigenvalue weighted by Crippen LogP contribution is -2.52. The van der Waals surface area contributed by atoms with Gasteiger partial charge in [0.25, 0.3) is 0 Å². The standard InChI is InChI=1S/C24H32N2O5SSi/c1-7-31-24(27)23(26-32(28,29)21-14-8-18(2)9-15-21)22(16-17-33(4,5)6)25-19-10-12-20(30-3)13-11-19/h8-15,22-23,25-26H,7H2,1-6H3/t22-,23-/m1/s1. The van der Waals surface area contributed by atoms with Crippen LogP contribution in [0.1, 0.15) is 12.5 Å². The van der Waals surface area contributed by atoms with Gasteiger partial charge in [0.05, 0.1) is 18.6 Å². The van der Waals surface area contributed by atoms with Gasteiger partial charge in [0.15, 0.2) is 6.04 Å². The molecular formula is C24H32N2O5SSi. The lowest BCUT2D eigenvalue weighted by molar-refractivity contribution is -0.145. The largest absolute Gasteiger partial charge is 0.497 e. The van der Waals surface area contributed by atoms with Crippen LogP contribution in [0.5, 0.6) is 5.75 Å². The molecule has 0 saturated carbocycles. The zero-order valence-corrected chi connectivity index (χ0v) is 21.7. The Hall–Kier alpha value is -2.80. The predicted octanol–water partition coefficient (Wildman–Crippen LogP) is 3.58. The second-order valence-electron chi connectivity index (χ2n) is 8.53. The van der Waals surface area contributed by atoms with Crippen molar-refractivity contribution in [3.05, 3.63) is 54.1 Å². The molecule has 2 rings (SSSR count). The number of carbonyl (C=O) groups is 1. The zero-order valence-electron chi connectivity index (χ0n) is 19.9. The third kappa shape index (κ3) is 8.24. The van der Waals surface area contributed by atoms with E-state index in [1.165, 1.54) is 12.1 Å². The molecule has 0 radical (unpaired) electrons. The summed E-state index contributed by atoms with van der Waals surface area (Å²) in [5.74, 6) is 3.07. The van der Waals surface area contributed by atoms with Crippen LogP contribution in [0.25, 0.3) is 0 Å². The Morgan fingerprint density at radius 3 is 2.18 bits per heavy atom. The third-order valence-corrected chi connectivity index (χ3v) is 6.85. The molecule has 33 heavy (non-hydrogen) atoms. The number of hydrogen-bond acceptors (Lipinski definition) is 6. The maximum Gasteiger partial charge on any atom is 0.327 e. The van der Waals surface area contributed by atoms with Gasteiger partial charge in [0.2, 0.25) is 10.0 Å². The van der Waals surface area contributed by atoms with E-state index in [1.54, 1.807) is 50.4 Å². The molecular weight excluding hydrogens is 456 g/mol. The number of aryl methyl sites for hydroxylation is 1. The molecule has 2 aromatic carbocycles. The van der Waals surface area contributed by atoms with Crippen molar-refractivity contribution in [2.45, 2.75) is 50.5 Å². The minimum absolute atomic E-state index is 0.0590. The normalized spacial score (nSPS) is 13.3. The van der Waals surface area contributed by atoms with E-state index in [0.29, 0.717) is 11.4 Å². The van der Waals surface area contributed by atoms with Gasteiger partial charge in [-0.15, -0.1) is 5.54 Å². The zero-order chi connectivity index (χ0) is 24.6. The summed E-state index contributed by atoms with van der Waals surface area (Å²) in [6.45, 7) is 9.86. The van der Waals surface area contributed by atoms with Crippen molar-refractivity contribution in [3.63, 3.8) is 0 Å². The van der Waals surface area contributed by atoms with Crippen LogP contribution in [0.2, 0.25) is 19.6 Å². The van der Waals surface area contributed by atoms with Gasteiger partial charge in [0.1, 0.15) is 19.9 Å². The fraction of sp³-hybridized carbons (Fsp3) is 0.375. The highest BCUT2D eigenvalue weighted by atomic mass is 32.2. The van der Waals surface area contributed by atoms with Crippen LogP contribution in [-0.2, 0) is 19.6 Å². The van der Waals surface area contributed by atoms with Crippen LogP contribution in [0.4, 0.5) is 5.69 Å². The van der Waals surface area contributed by atoms with Gasteiger partial charge >= 0.3 is 5.97 Å². The molecule has 178 valence electrons. The fourth-order valence-corrected chi connectivity index (χ4v) is 4.59. The summed E-state index contributed by atoms with van der Waals surface area (Å²) >= 11 is 0. The molecule has 9 heteroatoms. The summed E-state index contributed by atoms with van der Waals surface area (Å²) in [5, 5.41) is 3.19. The van der Waals surface area contributed by atoms with E-state index < -0.39 is 36.2 Å². The minimum Gasteiger partial charge on any atom is -0.497 e. The first-order valence-corrected chi connectivity index (χ1v) is 15.6.